The van der Waals surface area contributed by atoms with Crippen LogP contribution in [0.1, 0.15) is 11.1 Å². The van der Waals surface area contributed by atoms with Crippen molar-refractivity contribution < 1.29 is 13.9 Å². The lowest BCUT2D eigenvalue weighted by Gasteiger charge is -2.15. The fraction of sp³-hybridized carbons (Fsp3) is 0.136. The van der Waals surface area contributed by atoms with Gasteiger partial charge in [-0.3, -0.25) is 0 Å². The molecule has 0 aliphatic heterocycles. The van der Waals surface area contributed by atoms with E-state index < -0.39 is 0 Å². The molecular weight excluding hydrogens is 444 g/mol. The molecule has 0 fully saturated rings. The highest BCUT2D eigenvalue weighted by molar-refractivity contribution is 6.32. The van der Waals surface area contributed by atoms with Gasteiger partial charge in [-0.2, -0.15) is 0 Å². The Kier molecular flexibility index (Phi) is 7.09. The number of hydrogen-bond donors (Lipinski definition) is 3. The maximum atomic E-state index is 13.8. The second kappa shape index (κ2) is 9.76. The molecule has 6 nitrogen and oxygen atoms in total. The molecule has 162 valence electrons. The molecule has 0 amide bonds. The number of ether oxygens (including phenoxy) is 2. The summed E-state index contributed by atoms with van der Waals surface area (Å²) in [6, 6.07) is 15.5. The number of aromatic amines is 2. The molecule has 0 saturated carbocycles. The fourth-order valence-corrected chi connectivity index (χ4v) is 3.42. The van der Waals surface area contributed by atoms with E-state index in [-0.39, 0.29) is 30.5 Å². The molecule has 1 aromatic heterocycles. The number of hydrogen-bond acceptors (Lipinski definition) is 4. The van der Waals surface area contributed by atoms with Crippen LogP contribution in [0.4, 0.5) is 10.1 Å². The Hall–Kier alpha value is -3.16. The monoisotopic (exact) mass is 463 g/mol. The number of anilines is 1. The molecule has 0 bridgehead atoms. The topological polar surface area (TPSA) is 79.1 Å². The summed E-state index contributed by atoms with van der Waals surface area (Å²) in [5.74, 6) is 0.479. The van der Waals surface area contributed by atoms with Gasteiger partial charge in [-0.15, -0.1) is 12.4 Å². The van der Waals surface area contributed by atoms with Gasteiger partial charge in [-0.25, -0.2) is 9.18 Å². The van der Waals surface area contributed by atoms with Gasteiger partial charge < -0.3 is 24.8 Å². The Bertz CT molecular complexity index is 1260. The summed E-state index contributed by atoms with van der Waals surface area (Å²) in [4.78, 5) is 16.8. The normalized spacial score (nSPS) is 10.5. The quantitative estimate of drug-likeness (QED) is 0.348. The minimum Gasteiger partial charge on any atom is -0.493 e. The van der Waals surface area contributed by atoms with Crippen molar-refractivity contribution >= 4 is 40.7 Å². The number of aromatic nitrogens is 2. The summed E-state index contributed by atoms with van der Waals surface area (Å²) in [7, 11) is 1.52. The molecule has 31 heavy (non-hydrogen) atoms. The molecule has 0 saturated heterocycles. The van der Waals surface area contributed by atoms with Crippen molar-refractivity contribution in [2.45, 2.75) is 13.2 Å². The lowest BCUT2D eigenvalue weighted by atomic mass is 10.2. The second-order valence-electron chi connectivity index (χ2n) is 6.68. The standard InChI is InChI=1S/C22H19ClFN3O3.ClH/c1-29-20-9-13(11-25-15-6-7-18-19(10-15)27-22(28)26-18)8-16(23)21(20)30-12-14-4-2-3-5-17(14)24;/h2-10,25H,11-12H2,1H3,(H2,26,27,28);1H. The third kappa shape index (κ3) is 5.13. The summed E-state index contributed by atoms with van der Waals surface area (Å²) in [5, 5.41) is 3.65. The number of benzene rings is 3. The molecule has 4 rings (SSSR count). The van der Waals surface area contributed by atoms with Crippen LogP contribution >= 0.6 is 24.0 Å². The van der Waals surface area contributed by atoms with Crippen molar-refractivity contribution in [3.05, 3.63) is 87.0 Å². The van der Waals surface area contributed by atoms with Crippen molar-refractivity contribution in [3.63, 3.8) is 0 Å². The van der Waals surface area contributed by atoms with Crippen LogP contribution in [0.3, 0.4) is 0 Å². The van der Waals surface area contributed by atoms with E-state index >= 15 is 0 Å². The van der Waals surface area contributed by atoms with Crippen LogP contribution in [0.2, 0.25) is 5.02 Å². The second-order valence-corrected chi connectivity index (χ2v) is 7.09. The first-order chi connectivity index (χ1) is 14.5. The van der Waals surface area contributed by atoms with Crippen molar-refractivity contribution in [1.82, 2.24) is 9.97 Å². The highest BCUT2D eigenvalue weighted by atomic mass is 35.5. The first-order valence-electron chi connectivity index (χ1n) is 9.22. The van der Waals surface area contributed by atoms with Gasteiger partial charge in [0.15, 0.2) is 11.5 Å². The Morgan fingerprint density at radius 3 is 2.61 bits per heavy atom. The highest BCUT2D eigenvalue weighted by Crippen LogP contribution is 2.37. The zero-order chi connectivity index (χ0) is 21.1. The third-order valence-electron chi connectivity index (χ3n) is 4.63. The lowest BCUT2D eigenvalue weighted by molar-refractivity contribution is 0.280. The Morgan fingerprint density at radius 2 is 1.84 bits per heavy atom. The summed E-state index contributed by atoms with van der Waals surface area (Å²) >= 11 is 6.41. The van der Waals surface area contributed by atoms with Crippen LogP contribution in [0.15, 0.2) is 59.4 Å². The highest BCUT2D eigenvalue weighted by Gasteiger charge is 2.13. The van der Waals surface area contributed by atoms with Crippen molar-refractivity contribution in [1.29, 1.82) is 0 Å². The number of H-pyrrole nitrogens is 2. The molecule has 0 spiro atoms. The molecule has 1 heterocycles. The van der Waals surface area contributed by atoms with E-state index in [1.165, 1.54) is 13.2 Å². The SMILES string of the molecule is COc1cc(CNc2ccc3[nH]c(=O)[nH]c3c2)cc(Cl)c1OCc1ccccc1F.Cl. The van der Waals surface area contributed by atoms with Gasteiger partial charge in [0, 0.05) is 17.8 Å². The predicted octanol–water partition coefficient (Wildman–Crippen LogP) is 5.27. The van der Waals surface area contributed by atoms with Gasteiger partial charge in [-0.05, 0) is 42.0 Å². The Morgan fingerprint density at radius 1 is 1.06 bits per heavy atom. The maximum Gasteiger partial charge on any atom is 0.323 e. The Labute approximate surface area is 188 Å². The van der Waals surface area contributed by atoms with E-state index in [2.05, 4.69) is 15.3 Å². The van der Waals surface area contributed by atoms with Crippen LogP contribution in [0, 0.1) is 5.82 Å². The minimum absolute atomic E-state index is 0. The van der Waals surface area contributed by atoms with Gasteiger partial charge in [0.1, 0.15) is 12.4 Å². The molecule has 0 unspecified atom stereocenters. The number of rotatable bonds is 7. The van der Waals surface area contributed by atoms with Crippen molar-refractivity contribution in [2.75, 3.05) is 12.4 Å². The van der Waals surface area contributed by atoms with Gasteiger partial charge in [0.05, 0.1) is 23.2 Å². The summed E-state index contributed by atoms with van der Waals surface area (Å²) in [5.41, 5.74) is 3.36. The van der Waals surface area contributed by atoms with Crippen LogP contribution in [0.25, 0.3) is 11.0 Å². The molecule has 0 aliphatic rings. The molecule has 0 atom stereocenters. The summed E-state index contributed by atoms with van der Waals surface area (Å²) in [6.45, 7) is 0.513. The molecule has 0 radical (unpaired) electrons. The summed E-state index contributed by atoms with van der Waals surface area (Å²) < 4.78 is 25.0. The van der Waals surface area contributed by atoms with Gasteiger partial charge in [-0.1, -0.05) is 29.8 Å². The average molecular weight is 464 g/mol. The van der Waals surface area contributed by atoms with Crippen LogP contribution in [0.5, 0.6) is 11.5 Å². The van der Waals surface area contributed by atoms with Gasteiger partial charge >= 0.3 is 5.69 Å². The third-order valence-corrected chi connectivity index (χ3v) is 4.91. The first kappa shape index (κ1) is 22.5. The lowest BCUT2D eigenvalue weighted by Crippen LogP contribution is -2.03. The fourth-order valence-electron chi connectivity index (χ4n) is 3.13. The molecule has 3 N–H and O–H groups in total. The van der Waals surface area contributed by atoms with Crippen LogP contribution in [-0.2, 0) is 13.2 Å². The van der Waals surface area contributed by atoms with Crippen LogP contribution < -0.4 is 20.5 Å². The van der Waals surface area contributed by atoms with Crippen LogP contribution in [-0.4, -0.2) is 17.1 Å². The molecule has 3 aromatic carbocycles. The molecule has 4 aromatic rings. The van der Waals surface area contributed by atoms with Gasteiger partial charge in [0.25, 0.3) is 0 Å². The van der Waals surface area contributed by atoms with E-state index in [1.54, 1.807) is 24.3 Å². The predicted molar refractivity (Wildman–Crippen MR) is 122 cm³/mol. The van der Waals surface area contributed by atoms with E-state index in [4.69, 9.17) is 21.1 Å². The Balaban J connectivity index is 0.00000272. The van der Waals surface area contributed by atoms with Crippen molar-refractivity contribution in [3.8, 4) is 11.5 Å². The number of fused-ring (bicyclic) bond motifs is 1. The average Bonchev–Trinajstić information content (AvgIpc) is 3.11. The smallest absolute Gasteiger partial charge is 0.323 e. The van der Waals surface area contributed by atoms with E-state index in [1.807, 2.05) is 24.3 Å². The van der Waals surface area contributed by atoms with E-state index in [0.29, 0.717) is 28.6 Å². The van der Waals surface area contributed by atoms with Crippen molar-refractivity contribution in [2.24, 2.45) is 0 Å². The maximum absolute atomic E-state index is 13.8. The number of halogens is 3. The summed E-state index contributed by atoms with van der Waals surface area (Å²) in [6.07, 6.45) is 0. The molecular formula is C22H20Cl2FN3O3. The van der Waals surface area contributed by atoms with E-state index in [0.717, 1.165) is 22.3 Å². The first-order valence-corrected chi connectivity index (χ1v) is 9.60. The zero-order valence-electron chi connectivity index (χ0n) is 16.5. The number of nitrogens with one attached hydrogen (secondary N) is 3. The molecule has 9 heteroatoms. The molecule has 0 aliphatic carbocycles. The number of methoxy groups -OCH3 is 1. The minimum atomic E-state index is -0.339. The van der Waals surface area contributed by atoms with Gasteiger partial charge in [0.2, 0.25) is 0 Å². The zero-order valence-corrected chi connectivity index (χ0v) is 18.1. The van der Waals surface area contributed by atoms with E-state index in [9.17, 15) is 9.18 Å². The largest absolute Gasteiger partial charge is 0.493 e. The number of imidazole rings is 1.